The first kappa shape index (κ1) is 16.6. The third kappa shape index (κ3) is 5.19. The molecular weight excluding hydrogens is 274 g/mol. The Bertz CT molecular complexity index is 603. The van der Waals surface area contributed by atoms with Gasteiger partial charge in [-0.15, -0.1) is 0 Å². The maximum absolute atomic E-state index is 11.3. The molecule has 0 saturated heterocycles. The summed E-state index contributed by atoms with van der Waals surface area (Å²) in [5.41, 5.74) is 2.55. The molecule has 0 radical (unpaired) electrons. The summed E-state index contributed by atoms with van der Waals surface area (Å²) in [6, 6.07) is 8.96. The highest BCUT2D eigenvalue weighted by Crippen LogP contribution is 2.16. The molecule has 1 atom stereocenters. The number of carbonyl (C=O) groups excluding carboxylic acids is 1. The molecule has 2 rings (SSSR count). The van der Waals surface area contributed by atoms with Gasteiger partial charge in [-0.1, -0.05) is 6.07 Å². The Kier molecular flexibility index (Phi) is 6.01. The standard InChI is InChI=1S/C18H27N3O/c1-14(22)20-17(10-12-21(2)3)6-4-5-15-7-8-18-16(13-15)9-11-19-18/h7-9,11,13,17,19H,4-6,10,12H2,1-3H3,(H,20,22). The Balaban J connectivity index is 1.84. The Morgan fingerprint density at radius 2 is 2.09 bits per heavy atom. The number of aryl methyl sites for hydroxylation is 1. The molecule has 1 heterocycles. The highest BCUT2D eigenvalue weighted by atomic mass is 16.1. The molecular formula is C18H27N3O. The zero-order valence-corrected chi connectivity index (χ0v) is 13.9. The number of nitrogens with one attached hydrogen (secondary N) is 2. The van der Waals surface area contributed by atoms with Gasteiger partial charge in [0.1, 0.15) is 0 Å². The van der Waals surface area contributed by atoms with Crippen LogP contribution in [-0.4, -0.2) is 42.5 Å². The number of rotatable bonds is 8. The van der Waals surface area contributed by atoms with E-state index >= 15 is 0 Å². The molecule has 0 fully saturated rings. The maximum atomic E-state index is 11.3. The zero-order valence-electron chi connectivity index (χ0n) is 13.9. The van der Waals surface area contributed by atoms with Crippen LogP contribution in [0.2, 0.25) is 0 Å². The van der Waals surface area contributed by atoms with Crippen molar-refractivity contribution in [1.82, 2.24) is 15.2 Å². The van der Waals surface area contributed by atoms with Gasteiger partial charge < -0.3 is 15.2 Å². The average Bonchev–Trinajstić information content (AvgIpc) is 2.91. The van der Waals surface area contributed by atoms with Gasteiger partial charge >= 0.3 is 0 Å². The van der Waals surface area contributed by atoms with Gasteiger partial charge in [-0.2, -0.15) is 0 Å². The molecule has 0 aliphatic heterocycles. The molecule has 4 nitrogen and oxygen atoms in total. The summed E-state index contributed by atoms with van der Waals surface area (Å²) in [6.45, 7) is 2.60. The van der Waals surface area contributed by atoms with E-state index in [0.717, 1.165) is 32.2 Å². The number of fused-ring (bicyclic) bond motifs is 1. The molecule has 1 aromatic heterocycles. The van der Waals surface area contributed by atoms with E-state index in [2.05, 4.69) is 53.6 Å². The molecule has 120 valence electrons. The average molecular weight is 301 g/mol. The summed E-state index contributed by atoms with van der Waals surface area (Å²) in [4.78, 5) is 16.7. The van der Waals surface area contributed by atoms with Crippen molar-refractivity contribution in [1.29, 1.82) is 0 Å². The SMILES string of the molecule is CC(=O)NC(CCCc1ccc2[nH]ccc2c1)CCN(C)C. The van der Waals surface area contributed by atoms with Crippen LogP contribution in [0.15, 0.2) is 30.5 Å². The van der Waals surface area contributed by atoms with Gasteiger partial charge in [0.25, 0.3) is 0 Å². The lowest BCUT2D eigenvalue weighted by Gasteiger charge is -2.20. The summed E-state index contributed by atoms with van der Waals surface area (Å²) in [7, 11) is 4.13. The van der Waals surface area contributed by atoms with Gasteiger partial charge in [-0.05, 0) is 75.5 Å². The Morgan fingerprint density at radius 1 is 1.27 bits per heavy atom. The smallest absolute Gasteiger partial charge is 0.217 e. The lowest BCUT2D eigenvalue weighted by atomic mass is 10.0. The number of nitrogens with zero attached hydrogens (tertiary/aromatic N) is 1. The lowest BCUT2D eigenvalue weighted by molar-refractivity contribution is -0.119. The number of carbonyl (C=O) groups is 1. The minimum atomic E-state index is 0.0671. The van der Waals surface area contributed by atoms with E-state index in [0.29, 0.717) is 0 Å². The predicted octanol–water partition coefficient (Wildman–Crippen LogP) is 2.95. The van der Waals surface area contributed by atoms with Gasteiger partial charge in [-0.3, -0.25) is 4.79 Å². The van der Waals surface area contributed by atoms with Crippen molar-refractivity contribution in [2.75, 3.05) is 20.6 Å². The number of aromatic amines is 1. The minimum Gasteiger partial charge on any atom is -0.361 e. The van der Waals surface area contributed by atoms with E-state index in [4.69, 9.17) is 0 Å². The first-order valence-corrected chi connectivity index (χ1v) is 8.02. The van der Waals surface area contributed by atoms with Crippen molar-refractivity contribution in [2.24, 2.45) is 0 Å². The highest BCUT2D eigenvalue weighted by molar-refractivity contribution is 5.79. The van der Waals surface area contributed by atoms with Crippen molar-refractivity contribution in [2.45, 2.75) is 38.6 Å². The van der Waals surface area contributed by atoms with E-state index in [1.54, 1.807) is 6.92 Å². The monoisotopic (exact) mass is 301 g/mol. The van der Waals surface area contributed by atoms with Crippen molar-refractivity contribution < 1.29 is 4.79 Å². The van der Waals surface area contributed by atoms with Gasteiger partial charge in [0.15, 0.2) is 0 Å². The largest absolute Gasteiger partial charge is 0.361 e. The van der Waals surface area contributed by atoms with Crippen LogP contribution in [0, 0.1) is 0 Å². The van der Waals surface area contributed by atoms with E-state index in [9.17, 15) is 4.79 Å². The molecule has 2 N–H and O–H groups in total. The molecule has 4 heteroatoms. The van der Waals surface area contributed by atoms with Crippen molar-refractivity contribution in [3.63, 3.8) is 0 Å². The van der Waals surface area contributed by atoms with Crippen molar-refractivity contribution in [3.8, 4) is 0 Å². The maximum Gasteiger partial charge on any atom is 0.217 e. The second-order valence-corrected chi connectivity index (χ2v) is 6.28. The van der Waals surface area contributed by atoms with Crippen molar-refractivity contribution in [3.05, 3.63) is 36.0 Å². The fourth-order valence-electron chi connectivity index (χ4n) is 2.80. The minimum absolute atomic E-state index is 0.0671. The summed E-state index contributed by atoms with van der Waals surface area (Å²) >= 11 is 0. The molecule has 0 aliphatic carbocycles. The number of H-pyrrole nitrogens is 1. The summed E-state index contributed by atoms with van der Waals surface area (Å²) in [6.07, 6.45) is 6.15. The third-order valence-electron chi connectivity index (χ3n) is 3.97. The topological polar surface area (TPSA) is 48.1 Å². The molecule has 1 aromatic carbocycles. The van der Waals surface area contributed by atoms with Crippen LogP contribution >= 0.6 is 0 Å². The number of hydrogen-bond acceptors (Lipinski definition) is 2. The van der Waals surface area contributed by atoms with Gasteiger partial charge in [0, 0.05) is 24.7 Å². The second-order valence-electron chi connectivity index (χ2n) is 6.28. The van der Waals surface area contributed by atoms with Gasteiger partial charge in [0.2, 0.25) is 5.91 Å². The Hall–Kier alpha value is -1.81. The Morgan fingerprint density at radius 3 is 2.82 bits per heavy atom. The van der Waals surface area contributed by atoms with Crippen LogP contribution in [0.25, 0.3) is 10.9 Å². The van der Waals surface area contributed by atoms with Gasteiger partial charge in [-0.25, -0.2) is 0 Å². The molecule has 0 spiro atoms. The van der Waals surface area contributed by atoms with E-state index < -0.39 is 0 Å². The lowest BCUT2D eigenvalue weighted by Crippen LogP contribution is -2.35. The molecule has 0 saturated carbocycles. The summed E-state index contributed by atoms with van der Waals surface area (Å²) in [5.74, 6) is 0.0671. The molecule has 1 unspecified atom stereocenters. The fraction of sp³-hybridized carbons (Fsp3) is 0.500. The zero-order chi connectivity index (χ0) is 15.9. The van der Waals surface area contributed by atoms with Crippen LogP contribution in [0.1, 0.15) is 31.7 Å². The molecule has 0 bridgehead atoms. The quantitative estimate of drug-likeness (QED) is 0.787. The second kappa shape index (κ2) is 7.99. The highest BCUT2D eigenvalue weighted by Gasteiger charge is 2.10. The molecule has 22 heavy (non-hydrogen) atoms. The van der Waals surface area contributed by atoms with Crippen LogP contribution in [-0.2, 0) is 11.2 Å². The number of amides is 1. The molecule has 2 aromatic rings. The molecule has 1 amide bonds. The number of benzene rings is 1. The first-order chi connectivity index (χ1) is 10.5. The summed E-state index contributed by atoms with van der Waals surface area (Å²) in [5, 5.41) is 4.34. The van der Waals surface area contributed by atoms with Crippen LogP contribution < -0.4 is 5.32 Å². The van der Waals surface area contributed by atoms with Crippen LogP contribution in [0.3, 0.4) is 0 Å². The van der Waals surface area contributed by atoms with E-state index in [1.807, 2.05) is 6.20 Å². The van der Waals surface area contributed by atoms with Crippen molar-refractivity contribution >= 4 is 16.8 Å². The summed E-state index contributed by atoms with van der Waals surface area (Å²) < 4.78 is 0. The first-order valence-electron chi connectivity index (χ1n) is 8.02. The van der Waals surface area contributed by atoms with Crippen LogP contribution in [0.4, 0.5) is 0 Å². The van der Waals surface area contributed by atoms with Crippen LogP contribution in [0.5, 0.6) is 0 Å². The van der Waals surface area contributed by atoms with E-state index in [1.165, 1.54) is 16.5 Å². The number of aromatic nitrogens is 1. The normalized spacial score (nSPS) is 12.7. The van der Waals surface area contributed by atoms with Gasteiger partial charge in [0.05, 0.1) is 0 Å². The third-order valence-corrected chi connectivity index (χ3v) is 3.97. The Labute approximate surface area is 132 Å². The predicted molar refractivity (Wildman–Crippen MR) is 92.0 cm³/mol. The molecule has 0 aliphatic rings. The van der Waals surface area contributed by atoms with E-state index in [-0.39, 0.29) is 11.9 Å². The fourth-order valence-corrected chi connectivity index (χ4v) is 2.80. The number of hydrogen-bond donors (Lipinski definition) is 2.